The minimum Gasteiger partial charge on any atom is -0.376 e. The van der Waals surface area contributed by atoms with Gasteiger partial charge < -0.3 is 24.6 Å². The van der Waals surface area contributed by atoms with E-state index in [1.54, 1.807) is 16.1 Å². The van der Waals surface area contributed by atoms with Gasteiger partial charge in [0.2, 0.25) is 0 Å². The van der Waals surface area contributed by atoms with Crippen LogP contribution in [0.3, 0.4) is 0 Å². The number of carbonyl (C=O) groups is 2. The SMILES string of the molecule is O=C(c1ccc(-c2ccc3[nH]cnc3c2)cc1)N1CCN(C(=O)C2(O)COC2)CC1. The molecule has 0 radical (unpaired) electrons. The Bertz CT molecular complexity index is 1100. The zero-order valence-corrected chi connectivity index (χ0v) is 16.4. The molecule has 2 saturated heterocycles. The van der Waals surface area contributed by atoms with Crippen LogP contribution in [0.25, 0.3) is 22.2 Å². The maximum atomic E-state index is 12.9. The number of nitrogens with zero attached hydrogens (tertiary/aromatic N) is 3. The predicted molar refractivity (Wildman–Crippen MR) is 110 cm³/mol. The number of rotatable bonds is 3. The van der Waals surface area contributed by atoms with Gasteiger partial charge in [0.05, 0.1) is 30.6 Å². The Morgan fingerprint density at radius 3 is 2.30 bits per heavy atom. The van der Waals surface area contributed by atoms with Crippen LogP contribution in [-0.2, 0) is 9.53 Å². The zero-order valence-electron chi connectivity index (χ0n) is 16.4. The van der Waals surface area contributed by atoms with Crippen molar-refractivity contribution in [2.75, 3.05) is 39.4 Å². The Balaban J connectivity index is 1.24. The summed E-state index contributed by atoms with van der Waals surface area (Å²) in [5, 5.41) is 10.1. The van der Waals surface area contributed by atoms with Crippen molar-refractivity contribution in [3.63, 3.8) is 0 Å². The zero-order chi connectivity index (χ0) is 20.7. The molecule has 30 heavy (non-hydrogen) atoms. The molecule has 0 atom stereocenters. The van der Waals surface area contributed by atoms with Crippen molar-refractivity contribution in [3.8, 4) is 11.1 Å². The van der Waals surface area contributed by atoms with Crippen molar-refractivity contribution in [2.45, 2.75) is 5.60 Å². The van der Waals surface area contributed by atoms with Crippen molar-refractivity contribution in [1.82, 2.24) is 19.8 Å². The first-order chi connectivity index (χ1) is 14.5. The second-order valence-corrected chi connectivity index (χ2v) is 7.82. The summed E-state index contributed by atoms with van der Waals surface area (Å²) >= 11 is 0. The number of fused-ring (bicyclic) bond motifs is 1. The van der Waals surface area contributed by atoms with E-state index >= 15 is 0 Å². The lowest BCUT2D eigenvalue weighted by Gasteiger charge is -2.42. The highest BCUT2D eigenvalue weighted by Crippen LogP contribution is 2.24. The number of nitrogens with one attached hydrogen (secondary N) is 1. The van der Waals surface area contributed by atoms with E-state index in [0.717, 1.165) is 22.2 Å². The highest BCUT2D eigenvalue weighted by molar-refractivity contribution is 5.95. The number of carbonyl (C=O) groups excluding carboxylic acids is 2. The van der Waals surface area contributed by atoms with Crippen LogP contribution >= 0.6 is 0 Å². The van der Waals surface area contributed by atoms with Gasteiger partial charge >= 0.3 is 0 Å². The van der Waals surface area contributed by atoms with E-state index in [-0.39, 0.29) is 25.0 Å². The summed E-state index contributed by atoms with van der Waals surface area (Å²) in [5.74, 6) is -0.360. The van der Waals surface area contributed by atoms with Crippen molar-refractivity contribution in [1.29, 1.82) is 0 Å². The van der Waals surface area contributed by atoms with Gasteiger partial charge in [-0.15, -0.1) is 0 Å². The number of aromatic amines is 1. The molecular formula is C22H22N4O4. The van der Waals surface area contributed by atoms with Gasteiger partial charge in [-0.25, -0.2) is 4.98 Å². The summed E-state index contributed by atoms with van der Waals surface area (Å²) in [6.45, 7) is 1.80. The summed E-state index contributed by atoms with van der Waals surface area (Å²) in [6.07, 6.45) is 1.67. The normalized spacial score (nSPS) is 18.3. The molecule has 3 aromatic rings. The molecule has 2 aliphatic rings. The third-order valence-electron chi connectivity index (χ3n) is 5.82. The summed E-state index contributed by atoms with van der Waals surface area (Å²) in [4.78, 5) is 36.0. The van der Waals surface area contributed by atoms with E-state index in [9.17, 15) is 14.7 Å². The number of H-pyrrole nitrogens is 1. The lowest BCUT2D eigenvalue weighted by molar-refractivity contribution is -0.201. The Kier molecular flexibility index (Phi) is 4.52. The fourth-order valence-corrected chi connectivity index (χ4v) is 3.93. The molecule has 154 valence electrons. The predicted octanol–water partition coefficient (Wildman–Crippen LogP) is 1.28. The van der Waals surface area contributed by atoms with Gasteiger partial charge in [-0.3, -0.25) is 9.59 Å². The molecule has 0 saturated carbocycles. The molecule has 2 N–H and O–H groups in total. The Morgan fingerprint density at radius 1 is 0.967 bits per heavy atom. The van der Waals surface area contributed by atoms with E-state index in [2.05, 4.69) is 9.97 Å². The van der Waals surface area contributed by atoms with Gasteiger partial charge in [0.15, 0.2) is 5.60 Å². The van der Waals surface area contributed by atoms with Crippen molar-refractivity contribution >= 4 is 22.8 Å². The Labute approximate surface area is 173 Å². The van der Waals surface area contributed by atoms with Crippen LogP contribution in [0.1, 0.15) is 10.4 Å². The first kappa shape index (κ1) is 18.8. The number of aromatic nitrogens is 2. The molecule has 8 nitrogen and oxygen atoms in total. The molecule has 5 rings (SSSR count). The maximum Gasteiger partial charge on any atom is 0.259 e. The Morgan fingerprint density at radius 2 is 1.63 bits per heavy atom. The minimum absolute atomic E-state index is 0.0460. The largest absolute Gasteiger partial charge is 0.376 e. The molecule has 8 heteroatoms. The third-order valence-corrected chi connectivity index (χ3v) is 5.82. The topological polar surface area (TPSA) is 98.8 Å². The van der Waals surface area contributed by atoms with Gasteiger partial charge in [-0.05, 0) is 35.4 Å². The highest BCUT2D eigenvalue weighted by Gasteiger charge is 2.46. The summed E-state index contributed by atoms with van der Waals surface area (Å²) in [6, 6.07) is 13.6. The maximum absolute atomic E-state index is 12.9. The number of hydrogen-bond donors (Lipinski definition) is 2. The molecule has 0 bridgehead atoms. The van der Waals surface area contributed by atoms with E-state index < -0.39 is 5.60 Å². The number of ether oxygens (including phenoxy) is 1. The molecule has 1 aromatic heterocycles. The number of amides is 2. The molecule has 0 unspecified atom stereocenters. The number of piperazine rings is 1. The van der Waals surface area contributed by atoms with E-state index in [1.165, 1.54) is 0 Å². The first-order valence-electron chi connectivity index (χ1n) is 9.96. The molecule has 2 fully saturated rings. The van der Waals surface area contributed by atoms with Crippen molar-refractivity contribution in [2.24, 2.45) is 0 Å². The molecule has 0 aliphatic carbocycles. The molecule has 0 spiro atoms. The quantitative estimate of drug-likeness (QED) is 0.683. The molecule has 3 heterocycles. The van der Waals surface area contributed by atoms with Crippen molar-refractivity contribution in [3.05, 3.63) is 54.4 Å². The van der Waals surface area contributed by atoms with Crippen LogP contribution in [0.15, 0.2) is 48.8 Å². The van der Waals surface area contributed by atoms with Crippen LogP contribution in [-0.4, -0.2) is 81.7 Å². The van der Waals surface area contributed by atoms with E-state index in [0.29, 0.717) is 31.7 Å². The van der Waals surface area contributed by atoms with Gasteiger partial charge in [0.25, 0.3) is 11.8 Å². The average Bonchev–Trinajstić information content (AvgIpc) is 3.24. The number of benzene rings is 2. The minimum atomic E-state index is -1.39. The van der Waals surface area contributed by atoms with Crippen LogP contribution < -0.4 is 0 Å². The van der Waals surface area contributed by atoms with E-state index in [1.807, 2.05) is 42.5 Å². The van der Waals surface area contributed by atoms with Crippen molar-refractivity contribution < 1.29 is 19.4 Å². The Hall–Kier alpha value is -3.23. The summed E-state index contributed by atoms with van der Waals surface area (Å²) < 4.78 is 4.96. The van der Waals surface area contributed by atoms with E-state index in [4.69, 9.17) is 4.74 Å². The molecule has 2 aromatic carbocycles. The van der Waals surface area contributed by atoms with Gasteiger partial charge in [-0.1, -0.05) is 18.2 Å². The lowest BCUT2D eigenvalue weighted by atomic mass is 10.00. The number of aliphatic hydroxyl groups is 1. The fourth-order valence-electron chi connectivity index (χ4n) is 3.93. The second-order valence-electron chi connectivity index (χ2n) is 7.82. The third kappa shape index (κ3) is 3.24. The second kappa shape index (κ2) is 7.23. The number of hydrogen-bond acceptors (Lipinski definition) is 5. The van der Waals surface area contributed by atoms with Gasteiger partial charge in [-0.2, -0.15) is 0 Å². The molecule has 2 amide bonds. The smallest absolute Gasteiger partial charge is 0.259 e. The van der Waals surface area contributed by atoms with Gasteiger partial charge in [0, 0.05) is 31.7 Å². The monoisotopic (exact) mass is 406 g/mol. The van der Waals surface area contributed by atoms with Crippen LogP contribution in [0, 0.1) is 0 Å². The van der Waals surface area contributed by atoms with Gasteiger partial charge in [0.1, 0.15) is 0 Å². The van der Waals surface area contributed by atoms with Crippen LogP contribution in [0.5, 0.6) is 0 Å². The standard InChI is InChI=1S/C22H22N4O4/c27-20(25-7-9-26(10-8-25)21(28)22(29)12-30-13-22)16-3-1-15(2-4-16)17-5-6-18-19(11-17)24-14-23-18/h1-6,11,14,29H,7-10,12-13H2,(H,23,24). The summed E-state index contributed by atoms with van der Waals surface area (Å²) in [5.41, 5.74) is 3.17. The highest BCUT2D eigenvalue weighted by atomic mass is 16.5. The first-order valence-corrected chi connectivity index (χ1v) is 9.96. The summed E-state index contributed by atoms with van der Waals surface area (Å²) in [7, 11) is 0. The molecular weight excluding hydrogens is 384 g/mol. The average molecular weight is 406 g/mol. The molecule has 2 aliphatic heterocycles. The fraction of sp³-hybridized carbons (Fsp3) is 0.318. The number of imidazole rings is 1. The lowest BCUT2D eigenvalue weighted by Crippen LogP contribution is -2.64. The van der Waals surface area contributed by atoms with Crippen LogP contribution in [0.2, 0.25) is 0 Å². The van der Waals surface area contributed by atoms with Crippen LogP contribution in [0.4, 0.5) is 0 Å².